The Hall–Kier alpha value is -0.350. The maximum Gasteiger partial charge on any atom is 0.151 e. The Morgan fingerprint density at radius 2 is 2.21 bits per heavy atom. The fourth-order valence-corrected chi connectivity index (χ4v) is 2.95. The van der Waals surface area contributed by atoms with E-state index in [-0.39, 0.29) is 5.25 Å². The highest BCUT2D eigenvalue weighted by atomic mass is 32.2. The van der Waals surface area contributed by atoms with Crippen molar-refractivity contribution in [2.75, 3.05) is 12.8 Å². The molecule has 0 aromatic heterocycles. The number of allylic oxidation sites excluding steroid dienone is 1. The first kappa shape index (κ1) is 11.7. The maximum atomic E-state index is 11.4. The van der Waals surface area contributed by atoms with Gasteiger partial charge in [-0.2, -0.15) is 0 Å². The van der Waals surface area contributed by atoms with Gasteiger partial charge < -0.3 is 5.32 Å². The predicted molar refractivity (Wildman–Crippen MR) is 59.0 cm³/mol. The maximum absolute atomic E-state index is 11.4. The molecule has 0 radical (unpaired) electrons. The Labute approximate surface area is 86.5 Å². The summed E-state index contributed by atoms with van der Waals surface area (Å²) < 4.78 is 22.8. The summed E-state index contributed by atoms with van der Waals surface area (Å²) in [6.07, 6.45) is 4.84. The molecule has 0 aromatic rings. The first-order chi connectivity index (χ1) is 6.45. The number of rotatable bonds is 3. The first-order valence-corrected chi connectivity index (χ1v) is 6.93. The minimum Gasteiger partial charge on any atom is -0.313 e. The van der Waals surface area contributed by atoms with Gasteiger partial charge >= 0.3 is 0 Å². The lowest BCUT2D eigenvalue weighted by atomic mass is 9.89. The van der Waals surface area contributed by atoms with Crippen LogP contribution in [0, 0.1) is 5.92 Å². The van der Waals surface area contributed by atoms with Crippen molar-refractivity contribution in [2.45, 2.75) is 31.1 Å². The van der Waals surface area contributed by atoms with Crippen LogP contribution in [0.1, 0.15) is 19.8 Å². The molecule has 1 fully saturated rings. The summed E-state index contributed by atoms with van der Waals surface area (Å²) in [7, 11) is -2.90. The Balaban J connectivity index is 2.66. The molecular formula is C10H19NO2S. The molecule has 1 aliphatic rings. The van der Waals surface area contributed by atoms with Gasteiger partial charge in [0.25, 0.3) is 0 Å². The third-order valence-corrected chi connectivity index (χ3v) is 4.59. The van der Waals surface area contributed by atoms with Crippen LogP contribution < -0.4 is 5.32 Å². The van der Waals surface area contributed by atoms with Crippen molar-refractivity contribution in [1.82, 2.24) is 5.32 Å². The molecular weight excluding hydrogens is 198 g/mol. The van der Waals surface area contributed by atoms with E-state index in [0.29, 0.717) is 18.5 Å². The summed E-state index contributed by atoms with van der Waals surface area (Å²) in [5, 5.41) is 3.03. The van der Waals surface area contributed by atoms with E-state index < -0.39 is 9.84 Å². The lowest BCUT2D eigenvalue weighted by Crippen LogP contribution is -2.48. The van der Waals surface area contributed by atoms with Crippen molar-refractivity contribution in [2.24, 2.45) is 5.92 Å². The summed E-state index contributed by atoms with van der Waals surface area (Å²) in [6, 6.07) is 0.394. The molecule has 0 amide bonds. The van der Waals surface area contributed by atoms with Crippen molar-refractivity contribution < 1.29 is 8.42 Å². The number of hydrogen-bond donors (Lipinski definition) is 1. The minimum absolute atomic E-state index is 0.219. The van der Waals surface area contributed by atoms with Gasteiger partial charge in [0, 0.05) is 18.8 Å². The van der Waals surface area contributed by atoms with Crippen molar-refractivity contribution in [3.8, 4) is 0 Å². The molecule has 0 spiro atoms. The highest BCUT2D eigenvalue weighted by molar-refractivity contribution is 7.91. The summed E-state index contributed by atoms with van der Waals surface area (Å²) in [5.41, 5.74) is 0. The van der Waals surface area contributed by atoms with E-state index in [9.17, 15) is 8.42 Å². The van der Waals surface area contributed by atoms with E-state index in [0.717, 1.165) is 12.8 Å². The van der Waals surface area contributed by atoms with Crippen LogP contribution >= 0.6 is 0 Å². The second kappa shape index (κ2) is 4.45. The highest BCUT2D eigenvalue weighted by Crippen LogP contribution is 2.23. The van der Waals surface area contributed by atoms with Crippen LogP contribution in [0.25, 0.3) is 0 Å². The topological polar surface area (TPSA) is 46.2 Å². The zero-order chi connectivity index (χ0) is 10.8. The van der Waals surface area contributed by atoms with E-state index in [1.54, 1.807) is 0 Å². The standard InChI is InChI=1S/C10H19NO2S/c1-4-5-9-6-10(14(3,12)13)7-11-8(9)2/h4,8-11H,1,5-7H2,2-3H3. The molecule has 0 aromatic carbocycles. The fourth-order valence-electron chi connectivity index (χ4n) is 1.95. The molecule has 0 aliphatic carbocycles. The van der Waals surface area contributed by atoms with Crippen LogP contribution in [0.4, 0.5) is 0 Å². The van der Waals surface area contributed by atoms with Crippen molar-refractivity contribution in [3.05, 3.63) is 12.7 Å². The van der Waals surface area contributed by atoms with Gasteiger partial charge in [0.05, 0.1) is 5.25 Å². The second-order valence-corrected chi connectivity index (χ2v) is 6.49. The summed E-state index contributed by atoms with van der Waals surface area (Å²) >= 11 is 0. The first-order valence-electron chi connectivity index (χ1n) is 4.98. The molecule has 1 saturated heterocycles. The average molecular weight is 217 g/mol. The van der Waals surface area contributed by atoms with Gasteiger partial charge in [0.1, 0.15) is 0 Å². The van der Waals surface area contributed by atoms with Gasteiger partial charge in [-0.25, -0.2) is 8.42 Å². The Kier molecular flexibility index (Phi) is 3.72. The summed E-state index contributed by atoms with van der Waals surface area (Å²) in [5.74, 6) is 0.404. The molecule has 0 bridgehead atoms. The fraction of sp³-hybridized carbons (Fsp3) is 0.800. The van der Waals surface area contributed by atoms with Crippen molar-refractivity contribution >= 4 is 9.84 Å². The summed E-state index contributed by atoms with van der Waals surface area (Å²) in [6.45, 7) is 6.39. The lowest BCUT2D eigenvalue weighted by Gasteiger charge is -2.33. The van der Waals surface area contributed by atoms with E-state index in [1.807, 2.05) is 6.08 Å². The molecule has 0 saturated carbocycles. The van der Waals surface area contributed by atoms with Crippen LogP contribution in [0.3, 0.4) is 0 Å². The van der Waals surface area contributed by atoms with E-state index in [2.05, 4.69) is 18.8 Å². The Morgan fingerprint density at radius 3 is 2.71 bits per heavy atom. The Bertz CT molecular complexity index is 297. The van der Waals surface area contributed by atoms with Crippen LogP contribution in [0.15, 0.2) is 12.7 Å². The molecule has 1 heterocycles. The van der Waals surface area contributed by atoms with Gasteiger partial charge in [-0.05, 0) is 25.7 Å². The molecule has 14 heavy (non-hydrogen) atoms. The van der Waals surface area contributed by atoms with Crippen LogP contribution in [-0.4, -0.2) is 32.5 Å². The van der Waals surface area contributed by atoms with E-state index in [1.165, 1.54) is 6.26 Å². The largest absolute Gasteiger partial charge is 0.313 e. The van der Waals surface area contributed by atoms with Crippen LogP contribution in [0.2, 0.25) is 0 Å². The quantitative estimate of drug-likeness (QED) is 0.717. The molecule has 1 aliphatic heterocycles. The van der Waals surface area contributed by atoms with Gasteiger partial charge in [0.15, 0.2) is 9.84 Å². The molecule has 82 valence electrons. The third kappa shape index (κ3) is 2.82. The average Bonchev–Trinajstić information content (AvgIpc) is 2.07. The van der Waals surface area contributed by atoms with Gasteiger partial charge in [-0.1, -0.05) is 6.08 Å². The number of hydrogen-bond acceptors (Lipinski definition) is 3. The zero-order valence-corrected chi connectivity index (χ0v) is 9.68. The molecule has 3 unspecified atom stereocenters. The predicted octanol–water partition coefficient (Wildman–Crippen LogP) is 0.974. The van der Waals surface area contributed by atoms with Crippen LogP contribution in [0.5, 0.6) is 0 Å². The van der Waals surface area contributed by atoms with E-state index in [4.69, 9.17) is 0 Å². The molecule has 1 rings (SSSR count). The van der Waals surface area contributed by atoms with Crippen LogP contribution in [-0.2, 0) is 9.84 Å². The highest BCUT2D eigenvalue weighted by Gasteiger charge is 2.31. The van der Waals surface area contributed by atoms with Gasteiger partial charge in [-0.15, -0.1) is 6.58 Å². The SMILES string of the molecule is C=CCC1CC(S(C)(=O)=O)CNC1C. The molecule has 3 nitrogen and oxygen atoms in total. The second-order valence-electron chi connectivity index (χ2n) is 4.17. The van der Waals surface area contributed by atoms with Crippen molar-refractivity contribution in [3.63, 3.8) is 0 Å². The normalized spacial score (nSPS) is 34.0. The zero-order valence-electron chi connectivity index (χ0n) is 8.86. The molecule has 3 atom stereocenters. The van der Waals surface area contributed by atoms with Gasteiger partial charge in [0.2, 0.25) is 0 Å². The molecule has 4 heteroatoms. The molecule has 1 N–H and O–H groups in total. The number of nitrogens with one attached hydrogen (secondary N) is 1. The minimum atomic E-state index is -2.90. The smallest absolute Gasteiger partial charge is 0.151 e. The summed E-state index contributed by atoms with van der Waals surface area (Å²) in [4.78, 5) is 0. The number of sulfone groups is 1. The van der Waals surface area contributed by atoms with Gasteiger partial charge in [-0.3, -0.25) is 0 Å². The third-order valence-electron chi connectivity index (χ3n) is 3.02. The monoisotopic (exact) mass is 217 g/mol. The lowest BCUT2D eigenvalue weighted by molar-refractivity contribution is 0.300. The number of piperidine rings is 1. The van der Waals surface area contributed by atoms with Crippen molar-refractivity contribution in [1.29, 1.82) is 0 Å². The Morgan fingerprint density at radius 1 is 1.57 bits per heavy atom. The van der Waals surface area contributed by atoms with E-state index >= 15 is 0 Å².